The Balaban J connectivity index is 1.91. The van der Waals surface area contributed by atoms with Gasteiger partial charge in [0, 0.05) is 17.5 Å². The van der Waals surface area contributed by atoms with Gasteiger partial charge in [-0.25, -0.2) is 14.4 Å². The van der Waals surface area contributed by atoms with Crippen LogP contribution in [0.3, 0.4) is 0 Å². The number of hydrogen-bond acceptors (Lipinski definition) is 3. The highest BCUT2D eigenvalue weighted by atomic mass is 19.1. The van der Waals surface area contributed by atoms with Crippen LogP contribution in [0.2, 0.25) is 0 Å². The zero-order chi connectivity index (χ0) is 15.1. The summed E-state index contributed by atoms with van der Waals surface area (Å²) < 4.78 is 15.3. The Bertz CT molecular complexity index is 809. The largest absolute Gasteiger partial charge is 0.298 e. The number of rotatable bonds is 2. The summed E-state index contributed by atoms with van der Waals surface area (Å²) in [5.74, 6) is 0.462. The van der Waals surface area contributed by atoms with Crippen LogP contribution in [0.1, 0.15) is 24.6 Å². The average Bonchev–Trinajstić information content (AvgIpc) is 3.14. The van der Waals surface area contributed by atoms with Crippen LogP contribution >= 0.6 is 0 Å². The molecule has 1 aliphatic rings. The normalized spacial score (nSPS) is 19.1. The molecule has 1 atom stereocenters. The summed E-state index contributed by atoms with van der Waals surface area (Å²) in [4.78, 5) is 11.1. The first kappa shape index (κ1) is 13.4. The number of benzene rings is 1. The fourth-order valence-electron chi connectivity index (χ4n) is 3.31. The average molecular weight is 296 g/mol. The lowest BCUT2D eigenvalue weighted by Crippen LogP contribution is -2.20. The molecule has 0 unspecified atom stereocenters. The Morgan fingerprint density at radius 3 is 2.68 bits per heavy atom. The summed E-state index contributed by atoms with van der Waals surface area (Å²) in [6.45, 7) is 1.11. The Hall–Kier alpha value is -2.27. The van der Waals surface area contributed by atoms with Crippen LogP contribution in [0, 0.1) is 5.82 Å². The lowest BCUT2D eigenvalue weighted by molar-refractivity contribution is 0.310. The molecule has 4 rings (SSSR count). The monoisotopic (exact) mass is 296 g/mol. The molecule has 0 aliphatic carbocycles. The molecule has 22 heavy (non-hydrogen) atoms. The molecule has 3 aromatic rings. The second kappa shape index (κ2) is 5.18. The molecule has 0 amide bonds. The van der Waals surface area contributed by atoms with Gasteiger partial charge in [-0.1, -0.05) is 0 Å². The van der Waals surface area contributed by atoms with Crippen LogP contribution in [0.25, 0.3) is 17.0 Å². The quantitative estimate of drug-likeness (QED) is 0.727. The fourth-order valence-corrected chi connectivity index (χ4v) is 3.31. The van der Waals surface area contributed by atoms with Gasteiger partial charge >= 0.3 is 0 Å². The van der Waals surface area contributed by atoms with E-state index in [9.17, 15) is 4.39 Å². The minimum atomic E-state index is -0.230. The van der Waals surface area contributed by atoms with E-state index in [-0.39, 0.29) is 5.82 Å². The second-order valence-corrected chi connectivity index (χ2v) is 5.79. The maximum atomic E-state index is 13.2. The number of aromatic nitrogens is 3. The van der Waals surface area contributed by atoms with E-state index >= 15 is 0 Å². The van der Waals surface area contributed by atoms with Gasteiger partial charge < -0.3 is 0 Å². The molecule has 1 saturated heterocycles. The number of likely N-dealkylation sites (tertiary alicyclic amines) is 1. The molecule has 0 radical (unpaired) electrons. The first-order valence-corrected chi connectivity index (χ1v) is 7.52. The molecule has 1 aromatic carbocycles. The van der Waals surface area contributed by atoms with Crippen molar-refractivity contribution in [2.45, 2.75) is 18.9 Å². The number of imidazole rings is 1. The molecule has 0 spiro atoms. The smallest absolute Gasteiger partial charge is 0.234 e. The fraction of sp³-hybridized carbons (Fsp3) is 0.294. The molecule has 2 aromatic heterocycles. The summed E-state index contributed by atoms with van der Waals surface area (Å²) in [6, 6.07) is 8.97. The summed E-state index contributed by atoms with van der Waals surface area (Å²) in [5, 5.41) is 0. The topological polar surface area (TPSA) is 33.4 Å². The molecule has 0 saturated carbocycles. The number of halogens is 1. The van der Waals surface area contributed by atoms with Gasteiger partial charge in [-0.2, -0.15) is 0 Å². The standard InChI is InChI=1S/C17H17FN4/c1-21-10-2-3-14(21)15-8-9-19-17-20-11-16(22(15)17)12-4-6-13(18)7-5-12/h4-9,11,14H,2-3,10H2,1H3/t14-/m1/s1. The van der Waals surface area contributed by atoms with Gasteiger partial charge in [0.2, 0.25) is 5.78 Å². The van der Waals surface area contributed by atoms with E-state index in [2.05, 4.69) is 32.4 Å². The van der Waals surface area contributed by atoms with Crippen molar-refractivity contribution in [2.75, 3.05) is 13.6 Å². The van der Waals surface area contributed by atoms with Gasteiger partial charge in [-0.05, 0) is 56.8 Å². The van der Waals surface area contributed by atoms with E-state index < -0.39 is 0 Å². The zero-order valence-electron chi connectivity index (χ0n) is 12.4. The molecule has 1 aliphatic heterocycles. The van der Waals surface area contributed by atoms with Crippen LogP contribution < -0.4 is 0 Å². The van der Waals surface area contributed by atoms with E-state index in [0.717, 1.165) is 24.2 Å². The molecule has 1 fully saturated rings. The predicted octanol–water partition coefficient (Wildman–Crippen LogP) is 3.30. The minimum absolute atomic E-state index is 0.230. The van der Waals surface area contributed by atoms with Gasteiger partial charge in [-0.15, -0.1) is 0 Å². The Labute approximate surface area is 128 Å². The second-order valence-electron chi connectivity index (χ2n) is 5.79. The third-order valence-electron chi connectivity index (χ3n) is 4.44. The van der Waals surface area contributed by atoms with E-state index in [4.69, 9.17) is 0 Å². The van der Waals surface area contributed by atoms with Gasteiger partial charge in [0.1, 0.15) is 5.82 Å². The highest BCUT2D eigenvalue weighted by Gasteiger charge is 2.25. The summed E-state index contributed by atoms with van der Waals surface area (Å²) >= 11 is 0. The number of hydrogen-bond donors (Lipinski definition) is 0. The van der Waals surface area contributed by atoms with Crippen LogP contribution in [-0.2, 0) is 0 Å². The van der Waals surface area contributed by atoms with Crippen molar-refractivity contribution < 1.29 is 4.39 Å². The number of fused-ring (bicyclic) bond motifs is 1. The Morgan fingerprint density at radius 1 is 1.14 bits per heavy atom. The van der Waals surface area contributed by atoms with Crippen molar-refractivity contribution in [1.82, 2.24) is 19.3 Å². The first-order chi connectivity index (χ1) is 10.7. The van der Waals surface area contributed by atoms with Crippen molar-refractivity contribution in [2.24, 2.45) is 0 Å². The van der Waals surface area contributed by atoms with E-state index in [1.807, 2.05) is 12.4 Å². The molecule has 0 bridgehead atoms. The predicted molar refractivity (Wildman–Crippen MR) is 83.0 cm³/mol. The molecule has 5 heteroatoms. The first-order valence-electron chi connectivity index (χ1n) is 7.52. The van der Waals surface area contributed by atoms with Crippen LogP contribution in [0.5, 0.6) is 0 Å². The zero-order valence-corrected chi connectivity index (χ0v) is 12.4. The van der Waals surface area contributed by atoms with Gasteiger partial charge in [0.05, 0.1) is 17.9 Å². The Morgan fingerprint density at radius 2 is 1.95 bits per heavy atom. The third kappa shape index (κ3) is 2.09. The maximum Gasteiger partial charge on any atom is 0.234 e. The van der Waals surface area contributed by atoms with Gasteiger partial charge in [0.25, 0.3) is 0 Å². The maximum absolute atomic E-state index is 13.2. The molecular formula is C17H17FN4. The lowest BCUT2D eigenvalue weighted by Gasteiger charge is -2.21. The molecule has 0 N–H and O–H groups in total. The van der Waals surface area contributed by atoms with Gasteiger partial charge in [-0.3, -0.25) is 9.30 Å². The molecule has 4 nitrogen and oxygen atoms in total. The number of nitrogens with zero attached hydrogens (tertiary/aromatic N) is 4. The van der Waals surface area contributed by atoms with E-state index in [1.165, 1.54) is 24.2 Å². The van der Waals surface area contributed by atoms with Gasteiger partial charge in [0.15, 0.2) is 0 Å². The van der Waals surface area contributed by atoms with E-state index in [0.29, 0.717) is 11.8 Å². The van der Waals surface area contributed by atoms with Crippen molar-refractivity contribution in [3.8, 4) is 11.3 Å². The van der Waals surface area contributed by atoms with Crippen molar-refractivity contribution in [3.05, 3.63) is 54.2 Å². The SMILES string of the molecule is CN1CCC[C@@H]1c1ccnc2ncc(-c3ccc(F)cc3)n12. The Kier molecular flexibility index (Phi) is 3.15. The molecule has 112 valence electrons. The van der Waals surface area contributed by atoms with Crippen molar-refractivity contribution >= 4 is 5.78 Å². The summed E-state index contributed by atoms with van der Waals surface area (Å²) in [5.41, 5.74) is 3.10. The van der Waals surface area contributed by atoms with E-state index in [1.54, 1.807) is 12.1 Å². The lowest BCUT2D eigenvalue weighted by atomic mass is 10.1. The third-order valence-corrected chi connectivity index (χ3v) is 4.44. The van der Waals surface area contributed by atoms with Crippen LogP contribution in [0.4, 0.5) is 4.39 Å². The summed E-state index contributed by atoms with van der Waals surface area (Å²) in [6.07, 6.45) is 5.97. The minimum Gasteiger partial charge on any atom is -0.298 e. The molecule has 3 heterocycles. The van der Waals surface area contributed by atoms with Crippen molar-refractivity contribution in [3.63, 3.8) is 0 Å². The highest BCUT2D eigenvalue weighted by molar-refractivity contribution is 5.63. The molecular weight excluding hydrogens is 279 g/mol. The summed E-state index contributed by atoms with van der Waals surface area (Å²) in [7, 11) is 2.15. The van der Waals surface area contributed by atoms with Crippen LogP contribution in [-0.4, -0.2) is 32.9 Å². The van der Waals surface area contributed by atoms with Crippen LogP contribution in [0.15, 0.2) is 42.7 Å². The van der Waals surface area contributed by atoms with Crippen molar-refractivity contribution in [1.29, 1.82) is 0 Å². The highest BCUT2D eigenvalue weighted by Crippen LogP contribution is 2.32.